The molecule has 1 aromatic heterocycles. The normalized spacial score (nSPS) is 12.0. The lowest BCUT2D eigenvalue weighted by molar-refractivity contribution is 0.0922. The largest absolute Gasteiger partial charge is 0.342 e. The Kier molecular flexibility index (Phi) is 7.46. The van der Waals surface area contributed by atoms with Crippen LogP contribution in [0.4, 0.5) is 0 Å². The van der Waals surface area contributed by atoms with Crippen molar-refractivity contribution in [2.75, 3.05) is 0 Å². The Morgan fingerprint density at radius 1 is 1.13 bits per heavy atom. The number of amides is 1. The lowest BCUT2D eigenvalue weighted by atomic mass is 10.0. The molecule has 3 rings (SSSR count). The van der Waals surface area contributed by atoms with Crippen LogP contribution in [0.2, 0.25) is 0 Å². The Morgan fingerprint density at radius 2 is 1.83 bits per heavy atom. The number of carbonyl (C=O) groups excluding carboxylic acids is 1. The molecule has 0 aliphatic rings. The molecule has 0 aliphatic heterocycles. The van der Waals surface area contributed by atoms with Crippen LogP contribution in [0.15, 0.2) is 72.4 Å². The van der Waals surface area contributed by atoms with Gasteiger partial charge in [-0.3, -0.25) is 4.79 Å². The lowest BCUT2D eigenvalue weighted by Crippen LogP contribution is -2.33. The predicted molar refractivity (Wildman–Crippen MR) is 122 cm³/mol. The van der Waals surface area contributed by atoms with E-state index in [1.165, 1.54) is 11.1 Å². The van der Waals surface area contributed by atoms with Crippen LogP contribution in [0.5, 0.6) is 0 Å². The van der Waals surface area contributed by atoms with Crippen molar-refractivity contribution in [1.29, 1.82) is 0 Å². The molecule has 1 heterocycles. The fraction of sp³-hybridized carbons (Fsp3) is 0.292. The quantitative estimate of drug-likeness (QED) is 0.382. The van der Waals surface area contributed by atoms with Gasteiger partial charge in [0.05, 0.1) is 6.04 Å². The highest BCUT2D eigenvalue weighted by Crippen LogP contribution is 2.27. The first kappa shape index (κ1) is 21.8. The van der Waals surface area contributed by atoms with Gasteiger partial charge in [0.2, 0.25) is 0 Å². The van der Waals surface area contributed by atoms with Crippen LogP contribution in [0.3, 0.4) is 0 Å². The van der Waals surface area contributed by atoms with Crippen LogP contribution in [-0.2, 0) is 12.3 Å². The number of nitrogens with one attached hydrogen (secondary N) is 1. The molecular formula is C24H28N4OS. The van der Waals surface area contributed by atoms with Crippen molar-refractivity contribution in [1.82, 2.24) is 20.1 Å². The fourth-order valence-electron chi connectivity index (χ4n) is 3.11. The topological polar surface area (TPSA) is 59.8 Å². The summed E-state index contributed by atoms with van der Waals surface area (Å²) in [6.45, 7) is 10.7. The van der Waals surface area contributed by atoms with Gasteiger partial charge in [-0.15, -0.1) is 16.8 Å². The number of allylic oxidation sites excluding steroid dienone is 1. The van der Waals surface area contributed by atoms with Crippen molar-refractivity contribution < 1.29 is 4.79 Å². The number of aryl methyl sites for hydroxylation is 1. The Balaban J connectivity index is 1.82. The van der Waals surface area contributed by atoms with Crippen LogP contribution in [0, 0.1) is 12.8 Å². The zero-order chi connectivity index (χ0) is 21.5. The molecule has 0 aliphatic carbocycles. The van der Waals surface area contributed by atoms with Crippen molar-refractivity contribution >= 4 is 17.7 Å². The maximum Gasteiger partial charge on any atom is 0.251 e. The van der Waals surface area contributed by atoms with Gasteiger partial charge in [-0.25, -0.2) is 0 Å². The minimum Gasteiger partial charge on any atom is -0.342 e. The molecule has 0 bridgehead atoms. The fourth-order valence-corrected chi connectivity index (χ4v) is 4.02. The zero-order valence-corrected chi connectivity index (χ0v) is 18.5. The average molecular weight is 421 g/mol. The first-order chi connectivity index (χ1) is 14.5. The van der Waals surface area contributed by atoms with Crippen molar-refractivity contribution in [2.24, 2.45) is 5.92 Å². The third kappa shape index (κ3) is 5.39. The van der Waals surface area contributed by atoms with Crippen LogP contribution >= 0.6 is 11.8 Å². The van der Waals surface area contributed by atoms with E-state index in [9.17, 15) is 4.79 Å². The number of nitrogens with zero attached hydrogens (tertiary/aromatic N) is 3. The van der Waals surface area contributed by atoms with Gasteiger partial charge in [0.15, 0.2) is 11.0 Å². The summed E-state index contributed by atoms with van der Waals surface area (Å²) < 4.78 is 2.04. The van der Waals surface area contributed by atoms with E-state index in [1.807, 2.05) is 41.0 Å². The minimum absolute atomic E-state index is 0.115. The molecule has 30 heavy (non-hydrogen) atoms. The number of hydrogen-bond donors (Lipinski definition) is 1. The van der Waals surface area contributed by atoms with Crippen LogP contribution < -0.4 is 5.32 Å². The molecule has 1 N–H and O–H groups in total. The number of rotatable bonds is 9. The van der Waals surface area contributed by atoms with Crippen LogP contribution in [0.1, 0.15) is 47.2 Å². The summed E-state index contributed by atoms with van der Waals surface area (Å²) in [6, 6.07) is 17.5. The molecule has 2 aromatic carbocycles. The second kappa shape index (κ2) is 10.3. The summed E-state index contributed by atoms with van der Waals surface area (Å²) in [4.78, 5) is 12.8. The van der Waals surface area contributed by atoms with Gasteiger partial charge < -0.3 is 9.88 Å². The number of aromatic nitrogens is 3. The number of thioether (sulfide) groups is 1. The second-order valence-electron chi connectivity index (χ2n) is 7.58. The second-order valence-corrected chi connectivity index (χ2v) is 8.52. The standard InChI is InChI=1S/C24H28N4OS/c1-5-15-28-22(21(17(2)3)25-23(29)20-9-7-6-8-10-20)26-27-24(28)30-16-19-13-11-18(4)12-14-19/h5-14,17,21H,1,15-16H2,2-4H3,(H,25,29). The van der Waals surface area contributed by atoms with E-state index in [0.29, 0.717) is 12.1 Å². The van der Waals surface area contributed by atoms with Crippen LogP contribution in [-0.4, -0.2) is 20.7 Å². The summed E-state index contributed by atoms with van der Waals surface area (Å²) in [5, 5.41) is 12.8. The Labute approximate surface area is 182 Å². The molecule has 156 valence electrons. The summed E-state index contributed by atoms with van der Waals surface area (Å²) in [5.41, 5.74) is 3.11. The zero-order valence-electron chi connectivity index (χ0n) is 17.7. The van der Waals surface area contributed by atoms with E-state index >= 15 is 0 Å². The SMILES string of the molecule is C=CCn1c(SCc2ccc(C)cc2)nnc1C(NC(=O)c1ccccc1)C(C)C. The van der Waals surface area contributed by atoms with Crippen molar-refractivity contribution in [3.05, 3.63) is 89.8 Å². The van der Waals surface area contributed by atoms with Gasteiger partial charge in [-0.1, -0.05) is 79.7 Å². The van der Waals surface area contributed by atoms with E-state index in [2.05, 4.69) is 67.1 Å². The van der Waals surface area contributed by atoms with Crippen molar-refractivity contribution in [3.63, 3.8) is 0 Å². The monoisotopic (exact) mass is 420 g/mol. The highest BCUT2D eigenvalue weighted by Gasteiger charge is 2.26. The molecule has 0 saturated carbocycles. The molecular weight excluding hydrogens is 392 g/mol. The molecule has 0 spiro atoms. The molecule has 1 amide bonds. The number of carbonyl (C=O) groups is 1. The highest BCUT2D eigenvalue weighted by atomic mass is 32.2. The van der Waals surface area contributed by atoms with Crippen LogP contribution in [0.25, 0.3) is 0 Å². The Morgan fingerprint density at radius 3 is 2.47 bits per heavy atom. The third-order valence-electron chi connectivity index (χ3n) is 4.81. The smallest absolute Gasteiger partial charge is 0.251 e. The summed E-state index contributed by atoms with van der Waals surface area (Å²) in [5.74, 6) is 1.59. The minimum atomic E-state index is -0.251. The molecule has 6 heteroatoms. The molecule has 3 aromatic rings. The first-order valence-corrected chi connectivity index (χ1v) is 11.1. The van der Waals surface area contributed by atoms with Crippen molar-refractivity contribution in [2.45, 2.75) is 44.3 Å². The summed E-state index contributed by atoms with van der Waals surface area (Å²) >= 11 is 1.64. The molecule has 1 atom stereocenters. The average Bonchev–Trinajstić information content (AvgIpc) is 3.14. The van der Waals surface area contributed by atoms with Gasteiger partial charge in [-0.05, 0) is 30.5 Å². The van der Waals surface area contributed by atoms with E-state index < -0.39 is 0 Å². The van der Waals surface area contributed by atoms with Gasteiger partial charge in [0.1, 0.15) is 0 Å². The highest BCUT2D eigenvalue weighted by molar-refractivity contribution is 7.98. The maximum absolute atomic E-state index is 12.8. The lowest BCUT2D eigenvalue weighted by Gasteiger charge is -2.22. The number of hydrogen-bond acceptors (Lipinski definition) is 4. The van der Waals surface area contributed by atoms with E-state index in [4.69, 9.17) is 0 Å². The summed E-state index contributed by atoms with van der Waals surface area (Å²) in [7, 11) is 0. The number of benzene rings is 2. The van der Waals surface area contributed by atoms with Gasteiger partial charge in [-0.2, -0.15) is 0 Å². The molecule has 0 radical (unpaired) electrons. The molecule has 0 fully saturated rings. The third-order valence-corrected chi connectivity index (χ3v) is 5.85. The summed E-state index contributed by atoms with van der Waals surface area (Å²) in [6.07, 6.45) is 1.83. The van der Waals surface area contributed by atoms with E-state index in [0.717, 1.165) is 16.7 Å². The predicted octanol–water partition coefficient (Wildman–Crippen LogP) is 5.19. The maximum atomic E-state index is 12.8. The Hall–Kier alpha value is -2.86. The van der Waals surface area contributed by atoms with Gasteiger partial charge >= 0.3 is 0 Å². The Bertz CT molecular complexity index is 980. The van der Waals surface area contributed by atoms with Gasteiger partial charge in [0, 0.05) is 17.9 Å². The van der Waals surface area contributed by atoms with E-state index in [1.54, 1.807) is 11.8 Å². The molecule has 1 unspecified atom stereocenters. The van der Waals surface area contributed by atoms with Crippen molar-refractivity contribution in [3.8, 4) is 0 Å². The van der Waals surface area contributed by atoms with Gasteiger partial charge in [0.25, 0.3) is 5.91 Å². The molecule has 5 nitrogen and oxygen atoms in total. The molecule has 0 saturated heterocycles. The van der Waals surface area contributed by atoms with E-state index in [-0.39, 0.29) is 17.9 Å². The first-order valence-electron chi connectivity index (χ1n) is 10.1.